The van der Waals surface area contributed by atoms with E-state index in [-0.39, 0.29) is 19.0 Å². The van der Waals surface area contributed by atoms with Crippen molar-refractivity contribution in [3.8, 4) is 0 Å². The molecule has 0 aromatic heterocycles. The number of nitrogens with one attached hydrogen (secondary N) is 2. The summed E-state index contributed by atoms with van der Waals surface area (Å²) in [5, 5.41) is 14.5. The Morgan fingerprint density at radius 3 is 2.50 bits per heavy atom. The summed E-state index contributed by atoms with van der Waals surface area (Å²) < 4.78 is 0. The fourth-order valence-corrected chi connectivity index (χ4v) is 1.17. The summed E-state index contributed by atoms with van der Waals surface area (Å²) in [7, 11) is 0. The molecule has 1 aliphatic carbocycles. The van der Waals surface area contributed by atoms with E-state index in [4.69, 9.17) is 5.11 Å². The van der Waals surface area contributed by atoms with Crippen LogP contribution in [-0.4, -0.2) is 36.6 Å². The summed E-state index contributed by atoms with van der Waals surface area (Å²) in [4.78, 5) is 22.1. The molecule has 1 aliphatic rings. The number of rotatable bonds is 7. The second-order valence-electron chi connectivity index (χ2n) is 5.04. The van der Waals surface area contributed by atoms with E-state index in [1.807, 2.05) is 0 Å². The highest BCUT2D eigenvalue weighted by Gasteiger charge is 2.27. The monoisotopic (exact) mass is 228 g/mol. The van der Waals surface area contributed by atoms with Crippen LogP contribution >= 0.6 is 0 Å². The van der Waals surface area contributed by atoms with Gasteiger partial charge < -0.3 is 15.7 Å². The van der Waals surface area contributed by atoms with Crippen molar-refractivity contribution in [2.24, 2.45) is 11.3 Å². The van der Waals surface area contributed by atoms with E-state index in [1.165, 1.54) is 12.8 Å². The number of carbonyl (C=O) groups excluding carboxylic acids is 1. The van der Waals surface area contributed by atoms with Crippen molar-refractivity contribution in [2.45, 2.75) is 26.7 Å². The number of hydrogen-bond donors (Lipinski definition) is 3. The lowest BCUT2D eigenvalue weighted by Crippen LogP contribution is -2.42. The van der Waals surface area contributed by atoms with E-state index < -0.39 is 11.4 Å². The fraction of sp³-hybridized carbons (Fsp3) is 0.818. The molecule has 0 spiro atoms. The first kappa shape index (κ1) is 13.0. The van der Waals surface area contributed by atoms with Gasteiger partial charge in [0.1, 0.15) is 0 Å². The van der Waals surface area contributed by atoms with Gasteiger partial charge in [0.2, 0.25) is 5.91 Å². The van der Waals surface area contributed by atoms with Gasteiger partial charge in [-0.25, -0.2) is 0 Å². The molecule has 0 atom stereocenters. The van der Waals surface area contributed by atoms with Crippen LogP contribution in [0.5, 0.6) is 0 Å². The van der Waals surface area contributed by atoms with Crippen LogP contribution in [0.15, 0.2) is 0 Å². The van der Waals surface area contributed by atoms with Crippen molar-refractivity contribution < 1.29 is 14.7 Å². The Morgan fingerprint density at radius 2 is 2.00 bits per heavy atom. The zero-order valence-electron chi connectivity index (χ0n) is 9.88. The van der Waals surface area contributed by atoms with E-state index in [2.05, 4.69) is 10.6 Å². The summed E-state index contributed by atoms with van der Waals surface area (Å²) in [5.74, 6) is -0.308. The minimum atomic E-state index is -0.911. The maximum absolute atomic E-state index is 11.3. The number of amides is 1. The number of hydrogen-bond acceptors (Lipinski definition) is 3. The molecule has 0 saturated heterocycles. The van der Waals surface area contributed by atoms with Crippen LogP contribution in [0.4, 0.5) is 0 Å². The van der Waals surface area contributed by atoms with Gasteiger partial charge in [-0.1, -0.05) is 0 Å². The average molecular weight is 228 g/mol. The van der Waals surface area contributed by atoms with Crippen LogP contribution in [0.25, 0.3) is 0 Å². The summed E-state index contributed by atoms with van der Waals surface area (Å²) >= 11 is 0. The van der Waals surface area contributed by atoms with Crippen LogP contribution < -0.4 is 10.6 Å². The summed E-state index contributed by atoms with van der Waals surface area (Å²) in [5.41, 5.74) is -0.911. The molecule has 1 fully saturated rings. The lowest BCUT2D eigenvalue weighted by molar-refractivity contribution is -0.146. The Hall–Kier alpha value is -1.10. The summed E-state index contributed by atoms with van der Waals surface area (Å²) in [6.45, 7) is 4.49. The number of aliphatic carboxylic acids is 1. The van der Waals surface area contributed by atoms with E-state index in [0.29, 0.717) is 0 Å². The van der Waals surface area contributed by atoms with Crippen LogP contribution in [0.3, 0.4) is 0 Å². The molecular formula is C11H20N2O3. The van der Waals surface area contributed by atoms with Crippen LogP contribution in [0.2, 0.25) is 0 Å². The maximum atomic E-state index is 11.3. The minimum absolute atomic E-state index is 0.144. The highest BCUT2D eigenvalue weighted by atomic mass is 16.4. The first-order valence-electron chi connectivity index (χ1n) is 5.62. The third-order valence-corrected chi connectivity index (χ3v) is 2.72. The first-order chi connectivity index (χ1) is 7.42. The van der Waals surface area contributed by atoms with Gasteiger partial charge in [-0.3, -0.25) is 9.59 Å². The van der Waals surface area contributed by atoms with Gasteiger partial charge in [0.05, 0.1) is 12.0 Å². The van der Waals surface area contributed by atoms with Crippen molar-refractivity contribution in [3.05, 3.63) is 0 Å². The van der Waals surface area contributed by atoms with Gasteiger partial charge in [0.25, 0.3) is 0 Å². The predicted octanol–water partition coefficient (Wildman–Crippen LogP) is 0.213. The average Bonchev–Trinajstić information content (AvgIpc) is 2.98. The predicted molar refractivity (Wildman–Crippen MR) is 60.0 cm³/mol. The third kappa shape index (κ3) is 4.61. The molecule has 0 aromatic rings. The first-order valence-corrected chi connectivity index (χ1v) is 5.62. The Bertz CT molecular complexity index is 272. The van der Waals surface area contributed by atoms with Crippen molar-refractivity contribution in [2.75, 3.05) is 19.6 Å². The van der Waals surface area contributed by atoms with Gasteiger partial charge >= 0.3 is 5.97 Å². The summed E-state index contributed by atoms with van der Waals surface area (Å²) in [6, 6.07) is 0. The molecule has 0 radical (unpaired) electrons. The lowest BCUT2D eigenvalue weighted by atomic mass is 9.94. The van der Waals surface area contributed by atoms with Gasteiger partial charge in [-0.15, -0.1) is 0 Å². The molecule has 92 valence electrons. The Kier molecular flexibility index (Phi) is 4.29. The van der Waals surface area contributed by atoms with E-state index in [0.717, 1.165) is 12.5 Å². The van der Waals surface area contributed by atoms with Crippen molar-refractivity contribution in [1.29, 1.82) is 0 Å². The molecule has 1 amide bonds. The largest absolute Gasteiger partial charge is 0.481 e. The number of carbonyl (C=O) groups is 2. The zero-order valence-corrected chi connectivity index (χ0v) is 9.88. The molecule has 0 bridgehead atoms. The second kappa shape index (κ2) is 5.30. The Balaban J connectivity index is 2.10. The van der Waals surface area contributed by atoms with Crippen LogP contribution in [0.1, 0.15) is 26.7 Å². The quantitative estimate of drug-likeness (QED) is 0.582. The lowest BCUT2D eigenvalue weighted by Gasteiger charge is -2.19. The SMILES string of the molecule is CC(C)(CNC(=O)CNCC1CC1)C(=O)O. The van der Waals surface area contributed by atoms with Crippen LogP contribution in [-0.2, 0) is 9.59 Å². The van der Waals surface area contributed by atoms with E-state index >= 15 is 0 Å². The number of carboxylic acid groups (broad SMARTS) is 1. The van der Waals surface area contributed by atoms with Crippen LogP contribution in [0, 0.1) is 11.3 Å². The molecule has 3 N–H and O–H groups in total. The smallest absolute Gasteiger partial charge is 0.310 e. The normalized spacial score (nSPS) is 15.9. The van der Waals surface area contributed by atoms with Crippen molar-refractivity contribution in [3.63, 3.8) is 0 Å². The van der Waals surface area contributed by atoms with Gasteiger partial charge in [-0.2, -0.15) is 0 Å². The van der Waals surface area contributed by atoms with E-state index in [1.54, 1.807) is 13.8 Å². The molecule has 5 heteroatoms. The van der Waals surface area contributed by atoms with E-state index in [9.17, 15) is 9.59 Å². The standard InChI is InChI=1S/C11H20N2O3/c1-11(2,10(15)16)7-13-9(14)6-12-5-8-3-4-8/h8,12H,3-7H2,1-2H3,(H,13,14)(H,15,16). The van der Waals surface area contributed by atoms with Gasteiger partial charge in [0, 0.05) is 6.54 Å². The molecule has 0 heterocycles. The molecular weight excluding hydrogens is 208 g/mol. The molecule has 0 aliphatic heterocycles. The highest BCUT2D eigenvalue weighted by molar-refractivity contribution is 5.79. The second-order valence-corrected chi connectivity index (χ2v) is 5.04. The molecule has 1 rings (SSSR count). The fourth-order valence-electron chi connectivity index (χ4n) is 1.17. The Labute approximate surface area is 95.6 Å². The zero-order chi connectivity index (χ0) is 12.2. The van der Waals surface area contributed by atoms with Gasteiger partial charge in [0.15, 0.2) is 0 Å². The molecule has 0 unspecified atom stereocenters. The topological polar surface area (TPSA) is 78.4 Å². The van der Waals surface area contributed by atoms with Gasteiger partial charge in [-0.05, 0) is 39.2 Å². The maximum Gasteiger partial charge on any atom is 0.310 e. The summed E-state index contributed by atoms with van der Waals surface area (Å²) in [6.07, 6.45) is 2.50. The van der Waals surface area contributed by atoms with Crippen molar-refractivity contribution >= 4 is 11.9 Å². The van der Waals surface area contributed by atoms with Crippen molar-refractivity contribution in [1.82, 2.24) is 10.6 Å². The number of carboxylic acids is 1. The minimum Gasteiger partial charge on any atom is -0.481 e. The molecule has 0 aromatic carbocycles. The highest BCUT2D eigenvalue weighted by Crippen LogP contribution is 2.27. The molecule has 1 saturated carbocycles. The third-order valence-electron chi connectivity index (χ3n) is 2.72. The molecule has 5 nitrogen and oxygen atoms in total. The Morgan fingerprint density at radius 1 is 1.38 bits per heavy atom. The molecule has 16 heavy (non-hydrogen) atoms.